The van der Waals surface area contributed by atoms with E-state index in [9.17, 15) is 19.2 Å². The molecule has 2 saturated heterocycles. The zero-order valence-electron chi connectivity index (χ0n) is 45.5. The van der Waals surface area contributed by atoms with Crippen molar-refractivity contribution in [2.45, 2.75) is 156 Å². The van der Waals surface area contributed by atoms with Crippen molar-refractivity contribution >= 4 is 57.7 Å². The highest BCUT2D eigenvalue weighted by Gasteiger charge is 2.52. The number of nitrogens with zero attached hydrogens (tertiary/aromatic N) is 4. The van der Waals surface area contributed by atoms with E-state index in [1.807, 2.05) is 9.80 Å². The van der Waals surface area contributed by atoms with Crippen LogP contribution < -0.4 is 16.4 Å². The minimum atomic E-state index is -1.14. The maximum atomic E-state index is 14.7. The minimum Gasteiger partial charge on any atom is -0.453 e. The van der Waals surface area contributed by atoms with Crippen LogP contribution in [0.1, 0.15) is 147 Å². The quantitative estimate of drug-likeness (QED) is 0.0574. The number of amides is 4. The van der Waals surface area contributed by atoms with Crippen LogP contribution in [0.15, 0.2) is 60.7 Å². The molecule has 0 spiro atoms. The number of alkyl carbamates (subject to hydrolysis) is 2. The van der Waals surface area contributed by atoms with Crippen molar-refractivity contribution in [3.05, 3.63) is 106 Å². The summed E-state index contributed by atoms with van der Waals surface area (Å²) < 4.78 is 20.9. The van der Waals surface area contributed by atoms with Gasteiger partial charge in [-0.2, -0.15) is 0 Å². The number of carbonyl (C=O) groups is 4. The van der Waals surface area contributed by atoms with Crippen LogP contribution in [0.5, 0.6) is 0 Å². The fourth-order valence-corrected chi connectivity index (χ4v) is 15.9. The number of rotatable bonds is 12. The van der Waals surface area contributed by atoms with Gasteiger partial charge in [0.2, 0.25) is 11.8 Å². The summed E-state index contributed by atoms with van der Waals surface area (Å²) in [6.45, 7) is 1.79. The second kappa shape index (κ2) is 20.2. The van der Waals surface area contributed by atoms with Gasteiger partial charge >= 0.3 is 12.2 Å². The summed E-state index contributed by atoms with van der Waals surface area (Å²) in [5.41, 5.74) is 21.7. The number of aromatic nitrogens is 4. The molecule has 4 fully saturated rings. The number of benzene rings is 4. The summed E-state index contributed by atoms with van der Waals surface area (Å²) in [6.07, 6.45) is 10.0. The van der Waals surface area contributed by atoms with Crippen LogP contribution in [-0.2, 0) is 46.3 Å². The second-order valence-electron chi connectivity index (χ2n) is 23.4. The van der Waals surface area contributed by atoms with Gasteiger partial charge < -0.3 is 55.1 Å². The van der Waals surface area contributed by atoms with Gasteiger partial charge in [0.15, 0.2) is 6.04 Å². The van der Waals surface area contributed by atoms with Gasteiger partial charge in [0.1, 0.15) is 23.9 Å². The third kappa shape index (κ3) is 8.58. The van der Waals surface area contributed by atoms with Gasteiger partial charge in [-0.3, -0.25) is 9.59 Å². The standard InChI is InChI=1S/C61H70ClN9O8/c1-30(76-2)52(68-59(74)78-4)57(72)70-46-12-8-6-10-35(46)28-48(70)55-65-43-19-16-34(27-45(43)67-55)39-23-31-14-17-37-40(24-31)51(39)61(62)21-20-32-22-38(50(37)41(61)25-32)33-15-18-42-44(26-33)66-56(64-42)49-29-36-11-7-9-13-47(36)71(49)58(73)53(54(63)77-3)69-60(75)79-5/h15-16,18-19,22-27,30,35-37,46-49,52-54H,6-14,17,20-21,28-29,63H2,1-5H3,(H,64,66)(H,65,67)(H,68,74)(H,69,75)/t30-,35+,36+,37?,46+,47+,48+,49+,52+,53+,54+,61?/m1/s1. The molecule has 6 aromatic rings. The van der Waals surface area contributed by atoms with E-state index in [-0.39, 0.29) is 41.9 Å². The molecule has 2 aliphatic heterocycles. The van der Waals surface area contributed by atoms with Crippen LogP contribution in [0.25, 0.3) is 44.3 Å². The molecule has 18 heteroatoms. The number of fused-ring (bicyclic) bond motifs is 8. The molecule has 4 bridgehead atoms. The van der Waals surface area contributed by atoms with Crippen molar-refractivity contribution < 1.29 is 38.1 Å². The zero-order chi connectivity index (χ0) is 54.6. The van der Waals surface area contributed by atoms with Crippen LogP contribution in [0.3, 0.4) is 0 Å². The predicted octanol–water partition coefficient (Wildman–Crippen LogP) is 9.67. The Bertz CT molecular complexity index is 3430. The fraction of sp³-hybridized carbons (Fsp3) is 0.508. The molecule has 0 radical (unpaired) electrons. The van der Waals surface area contributed by atoms with Crippen LogP contribution in [-0.4, -0.2) is 119 Å². The summed E-state index contributed by atoms with van der Waals surface area (Å²) in [5.74, 6) is 1.70. The third-order valence-electron chi connectivity index (χ3n) is 19.3. The van der Waals surface area contributed by atoms with Crippen molar-refractivity contribution in [1.29, 1.82) is 0 Å². The van der Waals surface area contributed by atoms with Crippen LogP contribution in [0.2, 0.25) is 0 Å². The van der Waals surface area contributed by atoms with Gasteiger partial charge in [-0.25, -0.2) is 19.6 Å². The van der Waals surface area contributed by atoms with Gasteiger partial charge in [0.05, 0.1) is 59.3 Å². The molecule has 4 heterocycles. The average molecular weight is 1090 g/mol. The number of hydrogen-bond acceptors (Lipinski definition) is 11. The third-order valence-corrected chi connectivity index (χ3v) is 19.9. The molecule has 12 atom stereocenters. The highest BCUT2D eigenvalue weighted by molar-refractivity contribution is 6.27. The minimum absolute atomic E-state index is 0.0162. The van der Waals surface area contributed by atoms with E-state index < -0.39 is 41.5 Å². The van der Waals surface area contributed by atoms with Crippen molar-refractivity contribution in [2.75, 3.05) is 28.4 Å². The van der Waals surface area contributed by atoms with Crippen LogP contribution in [0.4, 0.5) is 9.59 Å². The normalized spacial score (nSPS) is 26.9. The monoisotopic (exact) mass is 1090 g/mol. The Kier molecular flexibility index (Phi) is 13.3. The van der Waals surface area contributed by atoms with E-state index >= 15 is 0 Å². The second-order valence-corrected chi connectivity index (χ2v) is 24.0. The Morgan fingerprint density at radius 2 is 1.23 bits per heavy atom. The lowest BCUT2D eigenvalue weighted by Gasteiger charge is -2.46. The first-order chi connectivity index (χ1) is 38.3. The average Bonchev–Trinajstić information content (AvgIpc) is 3.61. The molecular formula is C61H70ClN9O8. The smallest absolute Gasteiger partial charge is 0.407 e. The SMILES string of the molecule is COC(=O)N[C@H](C(=O)N1[C@H](c2nc3ccc(-c4cc5cc6c4C4(Cl)CCc7cc(-c8ccc9nc([C@@H]%10C[C@@H]%11CCCC[C@@H]%11N%10C(=O)[C@@H](NC(=O)OC)[C@@H](N)OC)[nH]c9c8)c(c4c7)C6CC5)cc3[nH]2)C[C@@H]2CCCC[C@@H]21)[C@@H](C)OC. The number of aromatic amines is 2. The number of hydrogen-bond donors (Lipinski definition) is 5. The maximum absolute atomic E-state index is 14.7. The lowest BCUT2D eigenvalue weighted by atomic mass is 9.61. The van der Waals surface area contributed by atoms with E-state index in [1.165, 1.54) is 60.3 Å². The largest absolute Gasteiger partial charge is 0.453 e. The lowest BCUT2D eigenvalue weighted by Crippen LogP contribution is -2.59. The number of methoxy groups -OCH3 is 4. The number of imidazole rings is 2. The van der Waals surface area contributed by atoms with E-state index in [4.69, 9.17) is 46.3 Å². The number of alkyl halides is 1. The number of nitrogens with two attached hydrogens (primary N) is 1. The van der Waals surface area contributed by atoms with Gasteiger partial charge in [0, 0.05) is 32.2 Å². The molecule has 17 nitrogen and oxygen atoms in total. The molecule has 2 unspecified atom stereocenters. The first kappa shape index (κ1) is 51.9. The molecule has 2 aromatic heterocycles. The fourth-order valence-electron chi connectivity index (χ4n) is 15.5. The summed E-state index contributed by atoms with van der Waals surface area (Å²) in [6, 6.07) is 19.7. The Labute approximate surface area is 464 Å². The maximum Gasteiger partial charge on any atom is 0.407 e. The molecule has 2 saturated carbocycles. The van der Waals surface area contributed by atoms with Crippen molar-refractivity contribution in [3.63, 3.8) is 0 Å². The molecule has 79 heavy (non-hydrogen) atoms. The van der Waals surface area contributed by atoms with Gasteiger partial charge in [-0.1, -0.05) is 62.1 Å². The summed E-state index contributed by atoms with van der Waals surface area (Å²) in [5, 5.41) is 5.42. The highest BCUT2D eigenvalue weighted by Crippen LogP contribution is 2.61. The summed E-state index contributed by atoms with van der Waals surface area (Å²) >= 11 is 8.29. The Morgan fingerprint density at radius 1 is 0.684 bits per heavy atom. The van der Waals surface area contributed by atoms with Crippen LogP contribution >= 0.6 is 11.6 Å². The summed E-state index contributed by atoms with van der Waals surface area (Å²) in [7, 11) is 5.52. The van der Waals surface area contributed by atoms with Crippen molar-refractivity contribution in [2.24, 2.45) is 17.6 Å². The van der Waals surface area contributed by atoms with Crippen molar-refractivity contribution in [3.8, 4) is 22.3 Å². The predicted molar refractivity (Wildman–Crippen MR) is 298 cm³/mol. The number of aryl methyl sites for hydroxylation is 2. The Morgan fingerprint density at radius 3 is 1.81 bits per heavy atom. The van der Waals surface area contributed by atoms with E-state index in [0.29, 0.717) is 17.7 Å². The Balaban J connectivity index is 0.838. The molecule has 414 valence electrons. The number of halogens is 1. The molecular weight excluding hydrogens is 1020 g/mol. The first-order valence-corrected chi connectivity index (χ1v) is 28.8. The zero-order valence-corrected chi connectivity index (χ0v) is 46.3. The number of H-pyrrole nitrogens is 2. The molecule has 13 rings (SSSR count). The van der Waals surface area contributed by atoms with Gasteiger partial charge in [0.25, 0.3) is 0 Å². The number of ether oxygens (including phenoxy) is 4. The van der Waals surface area contributed by atoms with E-state index in [2.05, 4.69) is 81.3 Å². The molecule has 4 aromatic carbocycles. The molecule has 4 amide bonds. The first-order valence-electron chi connectivity index (χ1n) is 28.5. The van der Waals surface area contributed by atoms with E-state index in [1.54, 1.807) is 14.0 Å². The van der Waals surface area contributed by atoms with E-state index in [0.717, 1.165) is 134 Å². The Hall–Kier alpha value is -6.53. The number of nitrogens with one attached hydrogen (secondary N) is 4. The van der Waals surface area contributed by atoms with Crippen molar-refractivity contribution in [1.82, 2.24) is 40.4 Å². The van der Waals surface area contributed by atoms with Crippen LogP contribution in [0, 0.1) is 11.8 Å². The topological polar surface area (TPSA) is 219 Å². The lowest BCUT2D eigenvalue weighted by molar-refractivity contribution is -0.141. The number of likely N-dealkylation sites (tertiary alicyclic amines) is 2. The molecule has 5 aliphatic carbocycles. The number of carbonyl (C=O) groups excluding carboxylic acids is 4. The highest BCUT2D eigenvalue weighted by atomic mass is 35.5. The molecule has 6 N–H and O–H groups in total. The summed E-state index contributed by atoms with van der Waals surface area (Å²) in [4.78, 5) is 75.3. The van der Waals surface area contributed by atoms with Gasteiger partial charge in [-0.05, 0) is 163 Å². The van der Waals surface area contributed by atoms with Gasteiger partial charge in [-0.15, -0.1) is 11.6 Å². The molecule has 7 aliphatic rings.